The average molecular weight is 419 g/mol. The molecule has 0 aliphatic carbocycles. The van der Waals surface area contributed by atoms with Gasteiger partial charge in [0.25, 0.3) is 5.91 Å². The minimum absolute atomic E-state index is 0.111. The summed E-state index contributed by atoms with van der Waals surface area (Å²) in [5, 5.41) is 3.19. The molecule has 29 heavy (non-hydrogen) atoms. The van der Waals surface area contributed by atoms with Gasteiger partial charge in [0.2, 0.25) is 0 Å². The van der Waals surface area contributed by atoms with Crippen LogP contribution in [0.1, 0.15) is 42.2 Å². The zero-order chi connectivity index (χ0) is 20.8. The number of fused-ring (bicyclic) bond motifs is 1. The van der Waals surface area contributed by atoms with E-state index >= 15 is 0 Å². The highest BCUT2D eigenvalue weighted by molar-refractivity contribution is 6.29. The van der Waals surface area contributed by atoms with E-state index in [9.17, 15) is 9.59 Å². The summed E-state index contributed by atoms with van der Waals surface area (Å²) in [7, 11) is 0. The molecule has 0 fully saturated rings. The number of hydrogen-bond acceptors (Lipinski definition) is 6. The van der Waals surface area contributed by atoms with Crippen molar-refractivity contribution in [2.45, 2.75) is 26.3 Å². The van der Waals surface area contributed by atoms with Gasteiger partial charge in [0.15, 0.2) is 18.1 Å². The molecule has 0 saturated carbocycles. The van der Waals surface area contributed by atoms with Gasteiger partial charge in [-0.15, -0.1) is 0 Å². The minimum Gasteiger partial charge on any atom is -0.490 e. The van der Waals surface area contributed by atoms with E-state index in [1.165, 1.54) is 18.3 Å². The summed E-state index contributed by atoms with van der Waals surface area (Å²) in [6.45, 7) is 4.81. The maximum Gasteiger partial charge on any atom is 0.340 e. The number of hydrogen-bond donors (Lipinski definition) is 1. The smallest absolute Gasteiger partial charge is 0.340 e. The summed E-state index contributed by atoms with van der Waals surface area (Å²) >= 11 is 5.70. The van der Waals surface area contributed by atoms with E-state index < -0.39 is 18.5 Å². The van der Waals surface area contributed by atoms with Crippen LogP contribution in [0, 0.1) is 5.92 Å². The van der Waals surface area contributed by atoms with E-state index in [-0.39, 0.29) is 22.7 Å². The van der Waals surface area contributed by atoms with E-state index in [4.69, 9.17) is 25.8 Å². The first kappa shape index (κ1) is 20.9. The standard InChI is InChI=1S/C21H23ClN2O5/c1-13(2)20(14-4-6-16-17(10-14)28-9-3-8-27-16)24-19(25)12-29-21(26)15-5-7-18(22)23-11-15/h4-7,10-11,13,20H,3,8-9,12H2,1-2H3,(H,24,25)/t20-/m0/s1. The molecule has 1 aliphatic rings. The summed E-state index contributed by atoms with van der Waals surface area (Å²) in [5.74, 6) is 0.444. The first-order chi connectivity index (χ1) is 13.9. The Morgan fingerprint density at radius 1 is 1.17 bits per heavy atom. The van der Waals surface area contributed by atoms with Crippen molar-refractivity contribution in [2.24, 2.45) is 5.92 Å². The summed E-state index contributed by atoms with van der Waals surface area (Å²) < 4.78 is 16.5. The highest BCUT2D eigenvalue weighted by Gasteiger charge is 2.22. The van der Waals surface area contributed by atoms with Crippen molar-refractivity contribution in [1.29, 1.82) is 0 Å². The predicted molar refractivity (Wildman–Crippen MR) is 107 cm³/mol. The van der Waals surface area contributed by atoms with Crippen molar-refractivity contribution in [3.8, 4) is 11.5 Å². The number of ether oxygens (including phenoxy) is 3. The van der Waals surface area contributed by atoms with Crippen molar-refractivity contribution in [3.63, 3.8) is 0 Å². The molecule has 8 heteroatoms. The Morgan fingerprint density at radius 2 is 1.93 bits per heavy atom. The van der Waals surface area contributed by atoms with Gasteiger partial charge in [0, 0.05) is 12.6 Å². The molecule has 2 heterocycles. The van der Waals surface area contributed by atoms with E-state index in [1.54, 1.807) is 0 Å². The molecule has 1 amide bonds. The van der Waals surface area contributed by atoms with Gasteiger partial charge in [0.1, 0.15) is 5.15 Å². The first-order valence-electron chi connectivity index (χ1n) is 9.41. The van der Waals surface area contributed by atoms with Gasteiger partial charge in [-0.25, -0.2) is 9.78 Å². The molecular weight excluding hydrogens is 396 g/mol. The topological polar surface area (TPSA) is 86.8 Å². The maximum absolute atomic E-state index is 12.4. The number of aromatic nitrogens is 1. The second kappa shape index (κ2) is 9.60. The van der Waals surface area contributed by atoms with Gasteiger partial charge in [-0.3, -0.25) is 4.79 Å². The molecule has 1 aromatic heterocycles. The monoisotopic (exact) mass is 418 g/mol. The fourth-order valence-electron chi connectivity index (χ4n) is 2.93. The van der Waals surface area contributed by atoms with Crippen molar-refractivity contribution in [3.05, 3.63) is 52.8 Å². The molecule has 0 bridgehead atoms. The molecule has 1 aliphatic heterocycles. The number of benzene rings is 1. The van der Waals surface area contributed by atoms with Gasteiger partial charge in [0.05, 0.1) is 24.8 Å². The normalized spacial score (nSPS) is 14.1. The number of amides is 1. The number of rotatable bonds is 6. The quantitative estimate of drug-likeness (QED) is 0.570. The average Bonchev–Trinajstić information content (AvgIpc) is 2.95. The third kappa shape index (κ3) is 5.60. The van der Waals surface area contributed by atoms with Gasteiger partial charge >= 0.3 is 5.97 Å². The SMILES string of the molecule is CC(C)[C@H](NC(=O)COC(=O)c1ccc(Cl)nc1)c1ccc2c(c1)OCCCO2. The summed E-state index contributed by atoms with van der Waals surface area (Å²) in [6.07, 6.45) is 2.13. The number of pyridine rings is 1. The lowest BCUT2D eigenvalue weighted by molar-refractivity contribution is -0.125. The highest BCUT2D eigenvalue weighted by atomic mass is 35.5. The summed E-state index contributed by atoms with van der Waals surface area (Å²) in [6, 6.07) is 8.35. The molecule has 0 saturated heterocycles. The molecule has 1 atom stereocenters. The van der Waals surface area contributed by atoms with Crippen molar-refractivity contribution in [1.82, 2.24) is 10.3 Å². The van der Waals surface area contributed by atoms with Gasteiger partial charge < -0.3 is 19.5 Å². The Labute approximate surface area is 174 Å². The largest absolute Gasteiger partial charge is 0.490 e. The van der Waals surface area contributed by atoms with Crippen LogP contribution in [0.3, 0.4) is 0 Å². The molecule has 2 aromatic rings. The molecule has 1 aromatic carbocycles. The molecule has 7 nitrogen and oxygen atoms in total. The van der Waals surface area contributed by atoms with Gasteiger partial charge in [-0.1, -0.05) is 31.5 Å². The van der Waals surface area contributed by atoms with E-state index in [0.717, 1.165) is 12.0 Å². The van der Waals surface area contributed by atoms with Crippen LogP contribution in [0.15, 0.2) is 36.5 Å². The lowest BCUT2D eigenvalue weighted by Gasteiger charge is -2.23. The molecule has 3 rings (SSSR count). The molecule has 154 valence electrons. The van der Waals surface area contributed by atoms with Crippen molar-refractivity contribution < 1.29 is 23.8 Å². The van der Waals surface area contributed by atoms with Crippen LogP contribution in [0.4, 0.5) is 0 Å². The Kier molecular flexibility index (Phi) is 6.93. The summed E-state index contributed by atoms with van der Waals surface area (Å²) in [4.78, 5) is 28.2. The van der Waals surface area contributed by atoms with E-state index in [2.05, 4.69) is 10.3 Å². The van der Waals surface area contributed by atoms with Crippen molar-refractivity contribution in [2.75, 3.05) is 19.8 Å². The highest BCUT2D eigenvalue weighted by Crippen LogP contribution is 2.34. The van der Waals surface area contributed by atoms with Gasteiger partial charge in [-0.2, -0.15) is 0 Å². The Balaban J connectivity index is 1.63. The molecule has 1 N–H and O–H groups in total. The fraction of sp³-hybridized carbons (Fsp3) is 0.381. The maximum atomic E-state index is 12.4. The van der Waals surface area contributed by atoms with Crippen LogP contribution in [0.2, 0.25) is 5.15 Å². The van der Waals surface area contributed by atoms with Crippen LogP contribution in [0.25, 0.3) is 0 Å². The lowest BCUT2D eigenvalue weighted by atomic mass is 9.95. The van der Waals surface area contributed by atoms with E-state index in [0.29, 0.717) is 24.7 Å². The second-order valence-corrected chi connectivity index (χ2v) is 7.38. The number of carbonyl (C=O) groups is 2. The Hall–Kier alpha value is -2.80. The van der Waals surface area contributed by atoms with Crippen LogP contribution < -0.4 is 14.8 Å². The third-order valence-electron chi connectivity index (χ3n) is 4.41. The minimum atomic E-state index is -0.638. The zero-order valence-electron chi connectivity index (χ0n) is 16.3. The third-order valence-corrected chi connectivity index (χ3v) is 4.63. The second-order valence-electron chi connectivity index (χ2n) is 6.99. The van der Waals surface area contributed by atoms with Crippen LogP contribution in [-0.2, 0) is 9.53 Å². The number of nitrogens with zero attached hydrogens (tertiary/aromatic N) is 1. The molecule has 0 radical (unpaired) electrons. The fourth-order valence-corrected chi connectivity index (χ4v) is 3.05. The number of carbonyl (C=O) groups excluding carboxylic acids is 2. The van der Waals surface area contributed by atoms with Crippen LogP contribution in [-0.4, -0.2) is 36.7 Å². The summed E-state index contributed by atoms with van der Waals surface area (Å²) in [5.41, 5.74) is 1.12. The van der Waals surface area contributed by atoms with Gasteiger partial charge in [-0.05, 0) is 35.7 Å². The molecule has 0 unspecified atom stereocenters. The Morgan fingerprint density at radius 3 is 2.62 bits per heavy atom. The molecular formula is C21H23ClN2O5. The molecule has 0 spiro atoms. The number of esters is 1. The predicted octanol–water partition coefficient (Wildman–Crippen LogP) is 3.57. The van der Waals surface area contributed by atoms with E-state index in [1.807, 2.05) is 32.0 Å². The first-order valence-corrected chi connectivity index (χ1v) is 9.79. The number of halogens is 1. The zero-order valence-corrected chi connectivity index (χ0v) is 17.1. The van der Waals surface area contributed by atoms with Crippen molar-refractivity contribution >= 4 is 23.5 Å². The van der Waals surface area contributed by atoms with Crippen LogP contribution in [0.5, 0.6) is 11.5 Å². The lowest BCUT2D eigenvalue weighted by Crippen LogP contribution is -2.35. The van der Waals surface area contributed by atoms with Crippen LogP contribution >= 0.6 is 11.6 Å². The Bertz CT molecular complexity index is 870. The number of nitrogens with one attached hydrogen (secondary N) is 1.